The van der Waals surface area contributed by atoms with E-state index < -0.39 is 11.9 Å². The molecule has 1 aromatic rings. The van der Waals surface area contributed by atoms with Gasteiger partial charge in [-0.15, -0.1) is 0 Å². The third-order valence-corrected chi connectivity index (χ3v) is 4.84. The SMILES string of the molecule is CN(C(=O)c1cc2c(cc1C=O)CNCCC2)C1CCC(=O)NC1=O. The summed E-state index contributed by atoms with van der Waals surface area (Å²) in [7, 11) is 1.53. The molecule has 3 rings (SSSR count). The minimum atomic E-state index is -0.704. The summed E-state index contributed by atoms with van der Waals surface area (Å²) in [6.07, 6.45) is 2.97. The summed E-state index contributed by atoms with van der Waals surface area (Å²) < 4.78 is 0. The predicted molar refractivity (Wildman–Crippen MR) is 90.1 cm³/mol. The Hall–Kier alpha value is -2.54. The molecule has 2 aliphatic rings. The van der Waals surface area contributed by atoms with Gasteiger partial charge in [0.15, 0.2) is 6.29 Å². The van der Waals surface area contributed by atoms with Crippen LogP contribution in [-0.2, 0) is 22.6 Å². The molecule has 0 aliphatic carbocycles. The fourth-order valence-corrected chi connectivity index (χ4v) is 3.40. The Bertz CT molecular complexity index is 744. The minimum absolute atomic E-state index is 0.199. The molecule has 1 saturated heterocycles. The zero-order valence-corrected chi connectivity index (χ0v) is 14.1. The van der Waals surface area contributed by atoms with Gasteiger partial charge in [0, 0.05) is 25.6 Å². The van der Waals surface area contributed by atoms with Gasteiger partial charge in [-0.1, -0.05) is 0 Å². The number of hydrogen-bond donors (Lipinski definition) is 2. The lowest BCUT2D eigenvalue weighted by molar-refractivity contribution is -0.136. The lowest BCUT2D eigenvalue weighted by Crippen LogP contribution is -2.53. The summed E-state index contributed by atoms with van der Waals surface area (Å²) in [5.74, 6) is -1.18. The van der Waals surface area contributed by atoms with Crippen molar-refractivity contribution < 1.29 is 19.2 Å². The van der Waals surface area contributed by atoms with Crippen LogP contribution in [0.25, 0.3) is 0 Å². The number of aldehydes is 1. The minimum Gasteiger partial charge on any atom is -0.330 e. The van der Waals surface area contributed by atoms with Crippen LogP contribution in [0.15, 0.2) is 12.1 Å². The largest absolute Gasteiger partial charge is 0.330 e. The molecule has 2 aliphatic heterocycles. The monoisotopic (exact) mass is 343 g/mol. The van der Waals surface area contributed by atoms with Crippen LogP contribution in [0.5, 0.6) is 0 Å². The second-order valence-electron chi connectivity index (χ2n) is 6.49. The highest BCUT2D eigenvalue weighted by Gasteiger charge is 2.33. The van der Waals surface area contributed by atoms with Gasteiger partial charge in [0.05, 0.1) is 5.56 Å². The molecule has 132 valence electrons. The maximum absolute atomic E-state index is 12.9. The highest BCUT2D eigenvalue weighted by Crippen LogP contribution is 2.22. The smallest absolute Gasteiger partial charge is 0.255 e. The van der Waals surface area contributed by atoms with Crippen LogP contribution in [0.2, 0.25) is 0 Å². The number of carbonyl (C=O) groups excluding carboxylic acids is 4. The van der Waals surface area contributed by atoms with Gasteiger partial charge in [-0.25, -0.2) is 0 Å². The van der Waals surface area contributed by atoms with Gasteiger partial charge >= 0.3 is 0 Å². The number of rotatable bonds is 3. The fraction of sp³-hybridized carbons (Fsp3) is 0.444. The lowest BCUT2D eigenvalue weighted by Gasteiger charge is -2.30. The molecule has 0 aromatic heterocycles. The molecule has 3 amide bonds. The first-order valence-electron chi connectivity index (χ1n) is 8.44. The Morgan fingerprint density at radius 2 is 2.04 bits per heavy atom. The van der Waals surface area contributed by atoms with Gasteiger partial charge < -0.3 is 10.2 Å². The number of nitrogens with one attached hydrogen (secondary N) is 2. The van der Waals surface area contributed by atoms with Gasteiger partial charge in [0.2, 0.25) is 11.8 Å². The quantitative estimate of drug-likeness (QED) is 0.612. The molecular formula is C18H21N3O4. The number of likely N-dealkylation sites (N-methyl/N-ethyl adjacent to an activating group) is 1. The number of hydrogen-bond acceptors (Lipinski definition) is 5. The van der Waals surface area contributed by atoms with Crippen molar-refractivity contribution in [2.24, 2.45) is 0 Å². The van der Waals surface area contributed by atoms with Crippen LogP contribution >= 0.6 is 0 Å². The first-order valence-corrected chi connectivity index (χ1v) is 8.44. The molecular weight excluding hydrogens is 322 g/mol. The average Bonchev–Trinajstić information content (AvgIpc) is 2.84. The van der Waals surface area contributed by atoms with Gasteiger partial charge in [-0.05, 0) is 49.1 Å². The van der Waals surface area contributed by atoms with Gasteiger partial charge in [-0.2, -0.15) is 0 Å². The number of nitrogens with zero attached hydrogens (tertiary/aromatic N) is 1. The summed E-state index contributed by atoms with van der Waals surface area (Å²) >= 11 is 0. The first kappa shape index (κ1) is 17.3. The molecule has 1 fully saturated rings. The van der Waals surface area contributed by atoms with Crippen LogP contribution in [-0.4, -0.2) is 48.5 Å². The van der Waals surface area contributed by atoms with Gasteiger partial charge in [-0.3, -0.25) is 24.5 Å². The number of imide groups is 1. The topological polar surface area (TPSA) is 95.6 Å². The highest BCUT2D eigenvalue weighted by molar-refractivity contribution is 6.06. The van der Waals surface area contributed by atoms with Crippen molar-refractivity contribution >= 4 is 24.0 Å². The summed E-state index contributed by atoms with van der Waals surface area (Å²) in [6, 6.07) is 2.83. The Morgan fingerprint density at radius 1 is 1.24 bits per heavy atom. The predicted octanol–water partition coefficient (Wildman–Crippen LogP) is 0.412. The van der Waals surface area contributed by atoms with Crippen LogP contribution < -0.4 is 10.6 Å². The maximum Gasteiger partial charge on any atom is 0.255 e. The van der Waals surface area contributed by atoms with Crippen LogP contribution in [0.3, 0.4) is 0 Å². The van der Waals surface area contributed by atoms with Crippen molar-refractivity contribution in [1.29, 1.82) is 0 Å². The normalized spacial score (nSPS) is 20.3. The van der Waals surface area contributed by atoms with Gasteiger partial charge in [0.25, 0.3) is 5.91 Å². The summed E-state index contributed by atoms with van der Waals surface area (Å²) in [6.45, 7) is 1.57. The standard InChI is InChI=1S/C18H21N3O4/c1-21(15-4-5-16(23)20-17(15)24)18(25)14-8-11-3-2-6-19-9-12(11)7-13(14)10-22/h7-8,10,15,19H,2-6,9H2,1H3,(H,20,23,24). The highest BCUT2D eigenvalue weighted by atomic mass is 16.2. The zero-order chi connectivity index (χ0) is 18.0. The number of aryl methyl sites for hydroxylation is 1. The number of amides is 3. The molecule has 0 spiro atoms. The second kappa shape index (κ2) is 7.14. The first-order chi connectivity index (χ1) is 12.0. The fourth-order valence-electron chi connectivity index (χ4n) is 3.40. The molecule has 0 bridgehead atoms. The van der Waals surface area contributed by atoms with E-state index >= 15 is 0 Å². The number of benzene rings is 1. The summed E-state index contributed by atoms with van der Waals surface area (Å²) in [5.41, 5.74) is 2.71. The Kier molecular flexibility index (Phi) is 4.94. The lowest BCUT2D eigenvalue weighted by atomic mass is 9.95. The van der Waals surface area contributed by atoms with E-state index in [1.165, 1.54) is 11.9 Å². The Morgan fingerprint density at radius 3 is 2.76 bits per heavy atom. The zero-order valence-electron chi connectivity index (χ0n) is 14.1. The van der Waals surface area contributed by atoms with E-state index in [0.29, 0.717) is 24.0 Å². The van der Waals surface area contributed by atoms with Gasteiger partial charge in [0.1, 0.15) is 6.04 Å². The summed E-state index contributed by atoms with van der Waals surface area (Å²) in [4.78, 5) is 49.0. The Balaban J connectivity index is 1.90. The second-order valence-corrected chi connectivity index (χ2v) is 6.49. The molecule has 1 unspecified atom stereocenters. The van der Waals surface area contributed by atoms with Crippen molar-refractivity contribution in [3.63, 3.8) is 0 Å². The Labute approximate surface area is 145 Å². The summed E-state index contributed by atoms with van der Waals surface area (Å²) in [5, 5.41) is 5.55. The van der Waals surface area contributed by atoms with E-state index in [9.17, 15) is 19.2 Å². The van der Waals surface area contributed by atoms with Crippen molar-refractivity contribution in [3.8, 4) is 0 Å². The number of piperidine rings is 1. The maximum atomic E-state index is 12.9. The molecule has 1 atom stereocenters. The van der Waals surface area contributed by atoms with Crippen LogP contribution in [0, 0.1) is 0 Å². The third-order valence-electron chi connectivity index (χ3n) is 4.84. The molecule has 7 nitrogen and oxygen atoms in total. The van der Waals surface area contributed by atoms with E-state index in [1.54, 1.807) is 12.1 Å². The molecule has 25 heavy (non-hydrogen) atoms. The van der Waals surface area contributed by atoms with E-state index in [-0.39, 0.29) is 24.7 Å². The molecule has 2 heterocycles. The van der Waals surface area contributed by atoms with E-state index in [4.69, 9.17) is 0 Å². The van der Waals surface area contributed by atoms with Crippen molar-refractivity contribution in [2.75, 3.05) is 13.6 Å². The van der Waals surface area contributed by atoms with E-state index in [2.05, 4.69) is 10.6 Å². The molecule has 0 radical (unpaired) electrons. The van der Waals surface area contributed by atoms with E-state index in [1.807, 2.05) is 0 Å². The third kappa shape index (κ3) is 3.46. The molecule has 1 aromatic carbocycles. The molecule has 2 N–H and O–H groups in total. The van der Waals surface area contributed by atoms with Crippen molar-refractivity contribution in [3.05, 3.63) is 34.4 Å². The number of carbonyl (C=O) groups is 4. The average molecular weight is 343 g/mol. The van der Waals surface area contributed by atoms with Crippen LogP contribution in [0.4, 0.5) is 0 Å². The van der Waals surface area contributed by atoms with E-state index in [0.717, 1.165) is 30.5 Å². The number of fused-ring (bicyclic) bond motifs is 1. The van der Waals surface area contributed by atoms with Crippen LogP contribution in [0.1, 0.15) is 51.1 Å². The molecule has 7 heteroatoms. The van der Waals surface area contributed by atoms with Crippen molar-refractivity contribution in [1.82, 2.24) is 15.5 Å². The van der Waals surface area contributed by atoms with Crippen molar-refractivity contribution in [2.45, 2.75) is 38.3 Å². The molecule has 0 saturated carbocycles.